The first-order chi connectivity index (χ1) is 9.92. The maximum absolute atomic E-state index is 10.7. The van der Waals surface area contributed by atoms with Crippen molar-refractivity contribution in [3.8, 4) is 0 Å². The molecule has 7 heteroatoms. The van der Waals surface area contributed by atoms with E-state index in [1.54, 1.807) is 0 Å². The minimum absolute atomic E-state index is 0.295. The van der Waals surface area contributed by atoms with Gasteiger partial charge >= 0.3 is 6.09 Å². The number of hydrogen-bond acceptors (Lipinski definition) is 4. The summed E-state index contributed by atoms with van der Waals surface area (Å²) in [7, 11) is -3.28. The summed E-state index contributed by atoms with van der Waals surface area (Å²) in [4.78, 5) is 10.2. The highest BCUT2D eigenvalue weighted by molar-refractivity contribution is 7.85. The number of carbonyl (C=O) groups is 1. The van der Waals surface area contributed by atoms with E-state index in [9.17, 15) is 13.2 Å². The van der Waals surface area contributed by atoms with Crippen LogP contribution in [0.15, 0.2) is 0 Å². The minimum atomic E-state index is -3.28. The van der Waals surface area contributed by atoms with E-state index < -0.39 is 16.2 Å². The van der Waals surface area contributed by atoms with Crippen LogP contribution >= 0.6 is 0 Å². The second-order valence-electron chi connectivity index (χ2n) is 5.29. The van der Waals surface area contributed by atoms with Crippen molar-refractivity contribution in [2.45, 2.75) is 64.2 Å². The average molecular weight is 323 g/mol. The van der Waals surface area contributed by atoms with Crippen LogP contribution in [0.5, 0.6) is 0 Å². The number of amides is 1. The third kappa shape index (κ3) is 19.2. The van der Waals surface area contributed by atoms with E-state index in [-0.39, 0.29) is 0 Å². The van der Waals surface area contributed by atoms with Gasteiger partial charge in [0, 0.05) is 6.54 Å². The molecule has 0 fully saturated rings. The summed E-state index contributed by atoms with van der Waals surface area (Å²) >= 11 is 0. The molecule has 0 aromatic rings. The van der Waals surface area contributed by atoms with Crippen LogP contribution in [0.4, 0.5) is 4.79 Å². The molecule has 2 N–H and O–H groups in total. The topological polar surface area (TPSA) is 92.7 Å². The number of carboxylic acid groups (broad SMARTS) is 1. The highest BCUT2D eigenvalue weighted by atomic mass is 32.2. The molecule has 126 valence electrons. The van der Waals surface area contributed by atoms with Crippen molar-refractivity contribution in [2.24, 2.45) is 0 Å². The molecule has 0 aliphatic heterocycles. The molecule has 0 unspecified atom stereocenters. The molecule has 0 aromatic carbocycles. The van der Waals surface area contributed by atoms with Crippen LogP contribution in [0, 0.1) is 0 Å². The lowest BCUT2D eigenvalue weighted by molar-refractivity contribution is 0.194. The molecule has 0 heterocycles. The minimum Gasteiger partial charge on any atom is -0.465 e. The van der Waals surface area contributed by atoms with Crippen molar-refractivity contribution in [1.29, 1.82) is 0 Å². The van der Waals surface area contributed by atoms with Crippen molar-refractivity contribution >= 4 is 16.2 Å². The third-order valence-electron chi connectivity index (χ3n) is 3.14. The Morgan fingerprint density at radius 1 is 0.905 bits per heavy atom. The van der Waals surface area contributed by atoms with Crippen molar-refractivity contribution in [1.82, 2.24) is 5.32 Å². The van der Waals surface area contributed by atoms with Gasteiger partial charge < -0.3 is 10.4 Å². The SMILES string of the molecule is CS(=O)(=O)OCCCCCCCCCCCCNC(=O)O. The molecule has 6 nitrogen and oxygen atoms in total. The predicted octanol–water partition coefficient (Wildman–Crippen LogP) is 3.13. The van der Waals surface area contributed by atoms with Crippen LogP contribution in [0.25, 0.3) is 0 Å². The Bertz CT molecular complexity index is 356. The molecule has 0 saturated heterocycles. The molecule has 21 heavy (non-hydrogen) atoms. The zero-order valence-corrected chi connectivity index (χ0v) is 13.8. The monoisotopic (exact) mass is 323 g/mol. The van der Waals surface area contributed by atoms with Gasteiger partial charge in [-0.1, -0.05) is 51.4 Å². The Kier molecular flexibility index (Phi) is 12.4. The van der Waals surface area contributed by atoms with Gasteiger partial charge in [0.2, 0.25) is 0 Å². The Labute approximate surface area is 128 Å². The quantitative estimate of drug-likeness (QED) is 0.378. The van der Waals surface area contributed by atoms with Crippen LogP contribution in [0.3, 0.4) is 0 Å². The van der Waals surface area contributed by atoms with Gasteiger partial charge in [0.1, 0.15) is 0 Å². The summed E-state index contributed by atoms with van der Waals surface area (Å²) in [5.74, 6) is 0. The number of nitrogens with one attached hydrogen (secondary N) is 1. The van der Waals surface area contributed by atoms with Gasteiger partial charge in [0.15, 0.2) is 0 Å². The standard InChI is InChI=1S/C14H29NO5S/c1-21(18,19)20-13-11-9-7-5-3-2-4-6-8-10-12-15-14(16)17/h15H,2-13H2,1H3,(H,16,17). The number of hydrogen-bond donors (Lipinski definition) is 2. The molecule has 0 radical (unpaired) electrons. The van der Waals surface area contributed by atoms with Crippen molar-refractivity contribution in [2.75, 3.05) is 19.4 Å². The highest BCUT2D eigenvalue weighted by Crippen LogP contribution is 2.10. The molecular formula is C14H29NO5S. The summed E-state index contributed by atoms with van der Waals surface area (Å²) < 4.78 is 26.1. The first kappa shape index (κ1) is 20.2. The van der Waals surface area contributed by atoms with E-state index in [2.05, 4.69) is 9.50 Å². The molecule has 0 aliphatic carbocycles. The second kappa shape index (κ2) is 12.9. The van der Waals surface area contributed by atoms with Crippen LogP contribution in [-0.2, 0) is 14.3 Å². The Hall–Kier alpha value is -0.820. The van der Waals surface area contributed by atoms with Gasteiger partial charge in [0.25, 0.3) is 10.1 Å². The van der Waals surface area contributed by atoms with Gasteiger partial charge in [0.05, 0.1) is 12.9 Å². The summed E-state index contributed by atoms with van der Waals surface area (Å²) in [5.41, 5.74) is 0. The lowest BCUT2D eigenvalue weighted by Gasteiger charge is -2.03. The fourth-order valence-corrected chi connectivity index (χ4v) is 2.47. The maximum atomic E-state index is 10.7. The van der Waals surface area contributed by atoms with Gasteiger partial charge in [-0.2, -0.15) is 8.42 Å². The van der Waals surface area contributed by atoms with Gasteiger partial charge in [-0.15, -0.1) is 0 Å². The number of unbranched alkanes of at least 4 members (excludes halogenated alkanes) is 9. The van der Waals surface area contributed by atoms with Crippen molar-refractivity contribution < 1.29 is 22.5 Å². The van der Waals surface area contributed by atoms with Gasteiger partial charge in [-0.05, 0) is 12.8 Å². The van der Waals surface area contributed by atoms with E-state index in [1.165, 1.54) is 25.7 Å². The van der Waals surface area contributed by atoms with Crippen molar-refractivity contribution in [3.63, 3.8) is 0 Å². The lowest BCUT2D eigenvalue weighted by atomic mass is 10.1. The van der Waals surface area contributed by atoms with E-state index in [0.29, 0.717) is 13.2 Å². The first-order valence-corrected chi connectivity index (χ1v) is 9.54. The second-order valence-corrected chi connectivity index (χ2v) is 6.94. The highest BCUT2D eigenvalue weighted by Gasteiger charge is 2.00. The molecule has 0 atom stereocenters. The van der Waals surface area contributed by atoms with Crippen LogP contribution in [-0.4, -0.2) is 39.0 Å². The smallest absolute Gasteiger partial charge is 0.404 e. The summed E-state index contributed by atoms with van der Waals surface area (Å²) in [6, 6.07) is 0. The van der Waals surface area contributed by atoms with Gasteiger partial charge in [-0.25, -0.2) is 4.79 Å². The first-order valence-electron chi connectivity index (χ1n) is 7.73. The fourth-order valence-electron chi connectivity index (χ4n) is 2.05. The molecule has 0 bridgehead atoms. The predicted molar refractivity (Wildman–Crippen MR) is 83.0 cm³/mol. The maximum Gasteiger partial charge on any atom is 0.404 e. The van der Waals surface area contributed by atoms with E-state index in [0.717, 1.165) is 44.8 Å². The molecule has 0 aliphatic rings. The van der Waals surface area contributed by atoms with Gasteiger partial charge in [-0.3, -0.25) is 4.18 Å². The fraction of sp³-hybridized carbons (Fsp3) is 0.929. The molecule has 0 spiro atoms. The van der Waals surface area contributed by atoms with Crippen molar-refractivity contribution in [3.05, 3.63) is 0 Å². The van der Waals surface area contributed by atoms with E-state index >= 15 is 0 Å². The third-order valence-corrected chi connectivity index (χ3v) is 3.74. The average Bonchev–Trinajstić information content (AvgIpc) is 2.37. The van der Waals surface area contributed by atoms with E-state index in [1.807, 2.05) is 0 Å². The molecule has 1 amide bonds. The molecule has 0 aromatic heterocycles. The zero-order chi connectivity index (χ0) is 16.0. The summed E-state index contributed by atoms with van der Waals surface area (Å²) in [6.45, 7) is 0.841. The Morgan fingerprint density at radius 3 is 1.76 bits per heavy atom. The molecular weight excluding hydrogens is 294 g/mol. The lowest BCUT2D eigenvalue weighted by Crippen LogP contribution is -2.21. The number of rotatable bonds is 14. The largest absolute Gasteiger partial charge is 0.465 e. The van der Waals surface area contributed by atoms with E-state index in [4.69, 9.17) is 5.11 Å². The Morgan fingerprint density at radius 2 is 1.33 bits per heavy atom. The molecule has 0 rings (SSSR count). The Balaban J connectivity index is 3.07. The van der Waals surface area contributed by atoms with Crippen LogP contribution in [0.2, 0.25) is 0 Å². The van der Waals surface area contributed by atoms with Crippen LogP contribution in [0.1, 0.15) is 64.2 Å². The normalized spacial score (nSPS) is 11.5. The summed E-state index contributed by atoms with van der Waals surface area (Å²) in [6.07, 6.45) is 11.0. The zero-order valence-electron chi connectivity index (χ0n) is 13.0. The van der Waals surface area contributed by atoms with Crippen LogP contribution < -0.4 is 5.32 Å². The molecule has 0 saturated carbocycles. The summed E-state index contributed by atoms with van der Waals surface area (Å²) in [5, 5.41) is 10.7.